The number of carbonyl (C=O) groups is 2. The van der Waals surface area contributed by atoms with Crippen LogP contribution in [0.25, 0.3) is 10.2 Å². The number of hydrogen-bond donors (Lipinski definition) is 1. The van der Waals surface area contributed by atoms with Crippen molar-refractivity contribution in [1.82, 2.24) is 9.88 Å². The number of benzene rings is 2. The van der Waals surface area contributed by atoms with Crippen molar-refractivity contribution in [2.75, 3.05) is 13.1 Å². The second-order valence-corrected chi connectivity index (χ2v) is 8.17. The van der Waals surface area contributed by atoms with E-state index in [0.717, 1.165) is 40.2 Å². The summed E-state index contributed by atoms with van der Waals surface area (Å²) in [6.07, 6.45) is 1.94. The number of nitrogens with zero attached hydrogens (tertiary/aromatic N) is 2. The highest BCUT2D eigenvalue weighted by molar-refractivity contribution is 7.18. The molecule has 6 heteroatoms. The summed E-state index contributed by atoms with van der Waals surface area (Å²) in [6, 6.07) is 12.7. The van der Waals surface area contributed by atoms with Crippen LogP contribution in [0.2, 0.25) is 0 Å². The van der Waals surface area contributed by atoms with Gasteiger partial charge < -0.3 is 10.0 Å². The summed E-state index contributed by atoms with van der Waals surface area (Å²) in [5.41, 5.74) is 2.92. The summed E-state index contributed by atoms with van der Waals surface area (Å²) in [7, 11) is 0. The lowest BCUT2D eigenvalue weighted by atomic mass is 9.90. The van der Waals surface area contributed by atoms with Crippen LogP contribution in [0, 0.1) is 6.92 Å². The topological polar surface area (TPSA) is 70.5 Å². The maximum absolute atomic E-state index is 13.0. The Balaban J connectivity index is 1.52. The monoisotopic (exact) mass is 380 g/mol. The van der Waals surface area contributed by atoms with Crippen molar-refractivity contribution in [2.45, 2.75) is 25.7 Å². The van der Waals surface area contributed by atoms with Crippen LogP contribution in [0.5, 0.6) is 0 Å². The van der Waals surface area contributed by atoms with Gasteiger partial charge in [0.15, 0.2) is 0 Å². The minimum Gasteiger partial charge on any atom is -0.478 e. The Kier molecular flexibility index (Phi) is 4.66. The highest BCUT2D eigenvalue weighted by atomic mass is 32.1. The minimum absolute atomic E-state index is 0.0365. The van der Waals surface area contributed by atoms with E-state index in [0.29, 0.717) is 12.1 Å². The first kappa shape index (κ1) is 17.7. The number of carboxylic acids is 1. The SMILES string of the molecule is Cc1nc2cc(C(=O)N3CCCC(c4ccc(C(=O)O)cc4)C3)ccc2s1. The number of rotatable bonds is 3. The van der Waals surface area contributed by atoms with Gasteiger partial charge in [-0.25, -0.2) is 9.78 Å². The van der Waals surface area contributed by atoms with Crippen molar-refractivity contribution in [3.05, 3.63) is 64.2 Å². The molecule has 4 rings (SSSR count). The number of aromatic nitrogens is 1. The molecular formula is C21H20N2O3S. The predicted molar refractivity (Wildman–Crippen MR) is 106 cm³/mol. The molecule has 1 aliphatic rings. The number of carbonyl (C=O) groups excluding carboxylic acids is 1. The van der Waals surface area contributed by atoms with Crippen LogP contribution in [-0.4, -0.2) is 40.0 Å². The zero-order valence-electron chi connectivity index (χ0n) is 15.0. The molecule has 0 saturated carbocycles. The number of piperidine rings is 1. The van der Waals surface area contributed by atoms with Gasteiger partial charge in [-0.05, 0) is 55.7 Å². The van der Waals surface area contributed by atoms with Crippen molar-refractivity contribution in [3.8, 4) is 0 Å². The maximum atomic E-state index is 13.0. The largest absolute Gasteiger partial charge is 0.478 e. The third-order valence-corrected chi connectivity index (χ3v) is 6.03. The van der Waals surface area contributed by atoms with Gasteiger partial charge >= 0.3 is 5.97 Å². The Morgan fingerprint density at radius 3 is 2.63 bits per heavy atom. The third-order valence-electron chi connectivity index (χ3n) is 5.08. The minimum atomic E-state index is -0.922. The Morgan fingerprint density at radius 2 is 1.89 bits per heavy atom. The lowest BCUT2D eigenvalue weighted by molar-refractivity contribution is 0.0693. The van der Waals surface area contributed by atoms with Crippen LogP contribution < -0.4 is 0 Å². The zero-order chi connectivity index (χ0) is 19.0. The first-order chi connectivity index (χ1) is 13.0. The summed E-state index contributed by atoms with van der Waals surface area (Å²) in [6.45, 7) is 3.37. The van der Waals surface area contributed by atoms with Crippen molar-refractivity contribution in [3.63, 3.8) is 0 Å². The molecule has 27 heavy (non-hydrogen) atoms. The number of carboxylic acid groups (broad SMARTS) is 1. The molecule has 1 unspecified atom stereocenters. The van der Waals surface area contributed by atoms with Crippen molar-refractivity contribution < 1.29 is 14.7 Å². The average molecular weight is 380 g/mol. The molecule has 2 aromatic carbocycles. The quantitative estimate of drug-likeness (QED) is 0.734. The fraction of sp³-hybridized carbons (Fsp3) is 0.286. The van der Waals surface area contributed by atoms with Crippen LogP contribution in [0.3, 0.4) is 0 Å². The van der Waals surface area contributed by atoms with Crippen LogP contribution in [-0.2, 0) is 0 Å². The van der Waals surface area contributed by atoms with Gasteiger partial charge in [0.05, 0.1) is 20.8 Å². The van der Waals surface area contributed by atoms with Gasteiger partial charge in [-0.2, -0.15) is 0 Å². The summed E-state index contributed by atoms with van der Waals surface area (Å²) in [4.78, 5) is 30.4. The number of amides is 1. The van der Waals surface area contributed by atoms with Crippen molar-refractivity contribution in [2.24, 2.45) is 0 Å². The molecule has 1 saturated heterocycles. The molecular weight excluding hydrogens is 360 g/mol. The predicted octanol–water partition coefficient (Wildman–Crippen LogP) is 4.32. The number of aromatic carboxylic acids is 1. The number of hydrogen-bond acceptors (Lipinski definition) is 4. The molecule has 1 N–H and O–H groups in total. The standard InChI is InChI=1S/C21H20N2O3S/c1-13-22-18-11-16(8-9-19(18)27-13)20(24)23-10-2-3-17(12-23)14-4-6-15(7-5-14)21(25)26/h4-9,11,17H,2-3,10,12H2,1H3,(H,25,26). The molecule has 0 radical (unpaired) electrons. The number of aryl methyl sites for hydroxylation is 1. The Hall–Kier alpha value is -2.73. The molecule has 138 valence electrons. The second-order valence-electron chi connectivity index (χ2n) is 6.93. The fourth-order valence-corrected chi connectivity index (χ4v) is 4.50. The summed E-state index contributed by atoms with van der Waals surface area (Å²) < 4.78 is 1.10. The first-order valence-corrected chi connectivity index (χ1v) is 9.82. The zero-order valence-corrected chi connectivity index (χ0v) is 15.8. The van der Waals surface area contributed by atoms with Crippen molar-refractivity contribution >= 4 is 33.4 Å². The lowest BCUT2D eigenvalue weighted by Gasteiger charge is -2.33. The molecule has 3 aromatic rings. The summed E-state index contributed by atoms with van der Waals surface area (Å²) >= 11 is 1.63. The molecule has 1 amide bonds. The van der Waals surface area contributed by atoms with E-state index in [9.17, 15) is 9.59 Å². The van der Waals surface area contributed by atoms with E-state index in [1.807, 2.05) is 42.2 Å². The van der Waals surface area contributed by atoms with Gasteiger partial charge in [0.1, 0.15) is 0 Å². The second kappa shape index (κ2) is 7.12. The van der Waals surface area contributed by atoms with E-state index in [1.54, 1.807) is 23.5 Å². The molecule has 0 bridgehead atoms. The van der Waals surface area contributed by atoms with Crippen LogP contribution in [0.4, 0.5) is 0 Å². The van der Waals surface area contributed by atoms with Gasteiger partial charge in [0.25, 0.3) is 5.91 Å². The Labute approximate surface area is 161 Å². The molecule has 0 aliphatic carbocycles. The van der Waals surface area contributed by atoms with Gasteiger partial charge in [0, 0.05) is 24.6 Å². The third kappa shape index (κ3) is 3.57. The van der Waals surface area contributed by atoms with Crippen molar-refractivity contribution in [1.29, 1.82) is 0 Å². The van der Waals surface area contributed by atoms with Crippen LogP contribution in [0.1, 0.15) is 50.0 Å². The Bertz CT molecular complexity index is 1010. The summed E-state index contributed by atoms with van der Waals surface area (Å²) in [5.74, 6) is -0.653. The highest BCUT2D eigenvalue weighted by Gasteiger charge is 2.26. The molecule has 2 heterocycles. The van der Waals surface area contributed by atoms with E-state index in [-0.39, 0.29) is 17.4 Å². The van der Waals surface area contributed by atoms with E-state index in [2.05, 4.69) is 4.98 Å². The first-order valence-electron chi connectivity index (χ1n) is 9.01. The number of thiazole rings is 1. The highest BCUT2D eigenvalue weighted by Crippen LogP contribution is 2.29. The molecule has 1 aromatic heterocycles. The summed E-state index contributed by atoms with van der Waals surface area (Å²) in [5, 5.41) is 10.0. The van der Waals surface area contributed by atoms with E-state index in [1.165, 1.54) is 0 Å². The normalized spacial score (nSPS) is 17.2. The van der Waals surface area contributed by atoms with Crippen LogP contribution in [0.15, 0.2) is 42.5 Å². The molecule has 0 spiro atoms. The molecule has 1 fully saturated rings. The van der Waals surface area contributed by atoms with E-state index < -0.39 is 5.97 Å². The Morgan fingerprint density at radius 1 is 1.15 bits per heavy atom. The molecule has 5 nitrogen and oxygen atoms in total. The number of likely N-dealkylation sites (tertiary alicyclic amines) is 1. The van der Waals surface area contributed by atoms with Gasteiger partial charge in [0.2, 0.25) is 0 Å². The molecule has 1 aliphatic heterocycles. The van der Waals surface area contributed by atoms with Crippen LogP contribution >= 0.6 is 11.3 Å². The van der Waals surface area contributed by atoms with Gasteiger partial charge in [-0.1, -0.05) is 12.1 Å². The van der Waals surface area contributed by atoms with E-state index in [4.69, 9.17) is 5.11 Å². The lowest BCUT2D eigenvalue weighted by Crippen LogP contribution is -2.39. The molecule has 1 atom stereocenters. The van der Waals surface area contributed by atoms with E-state index >= 15 is 0 Å². The average Bonchev–Trinajstić information content (AvgIpc) is 3.06. The maximum Gasteiger partial charge on any atom is 0.335 e. The fourth-order valence-electron chi connectivity index (χ4n) is 3.69. The van der Waals surface area contributed by atoms with Gasteiger partial charge in [-0.15, -0.1) is 11.3 Å². The van der Waals surface area contributed by atoms with Gasteiger partial charge in [-0.3, -0.25) is 4.79 Å². The number of fused-ring (bicyclic) bond motifs is 1. The smallest absolute Gasteiger partial charge is 0.335 e.